The summed E-state index contributed by atoms with van der Waals surface area (Å²) in [5.74, 6) is 0. The normalized spacial score (nSPS) is 11.2. The first-order chi connectivity index (χ1) is 9.86. The van der Waals surface area contributed by atoms with Gasteiger partial charge in [-0.15, -0.1) is 16.4 Å². The summed E-state index contributed by atoms with van der Waals surface area (Å²) in [5.41, 5.74) is 1.01. The van der Waals surface area contributed by atoms with E-state index in [1.54, 1.807) is 23.1 Å². The fourth-order valence-corrected chi connectivity index (χ4v) is 3.71. The lowest BCUT2D eigenvalue weighted by molar-refractivity contribution is 0.187. The molecule has 2 aromatic heterocycles. The molecule has 0 saturated heterocycles. The van der Waals surface area contributed by atoms with Crippen molar-refractivity contribution in [3.8, 4) is 0 Å². The zero-order valence-electron chi connectivity index (χ0n) is 10.9. The summed E-state index contributed by atoms with van der Waals surface area (Å²) in [6.07, 6.45) is 0.884. The van der Waals surface area contributed by atoms with Gasteiger partial charge in [0.2, 0.25) is 5.16 Å². The highest BCUT2D eigenvalue weighted by molar-refractivity contribution is 8.01. The van der Waals surface area contributed by atoms with Crippen molar-refractivity contribution in [2.45, 2.75) is 22.5 Å². The van der Waals surface area contributed by atoms with E-state index in [-0.39, 0.29) is 0 Å². The number of ether oxygens (including phenoxy) is 1. The number of methoxy groups -OCH3 is 1. The predicted octanol–water partition coefficient (Wildman–Crippen LogP) is 2.47. The first-order valence-corrected chi connectivity index (χ1v) is 7.78. The van der Waals surface area contributed by atoms with Gasteiger partial charge in [0.1, 0.15) is 0 Å². The Labute approximate surface area is 124 Å². The Bertz CT molecular complexity index is 663. The number of hydrogen-bond acceptors (Lipinski definition) is 7. The minimum absolute atomic E-state index is 0.700. The monoisotopic (exact) mass is 307 g/mol. The highest BCUT2D eigenvalue weighted by atomic mass is 32.2. The van der Waals surface area contributed by atoms with Gasteiger partial charge in [-0.05, 0) is 40.7 Å². The molecule has 0 N–H and O–H groups in total. The molecule has 0 radical (unpaired) electrons. The summed E-state index contributed by atoms with van der Waals surface area (Å²) < 4.78 is 8.95. The Kier molecular flexibility index (Phi) is 4.24. The number of hydrogen-bond donors (Lipinski definition) is 0. The van der Waals surface area contributed by atoms with Crippen LogP contribution in [0.15, 0.2) is 33.8 Å². The van der Waals surface area contributed by atoms with E-state index in [2.05, 4.69) is 26.6 Å². The standard InChI is InChI=1S/C12H13N5OS2/c1-18-8-4-7-17-11(14-15-16-17)20-12-13-9-5-2-3-6-10(9)19-12/h2-3,5-6H,4,7-8H2,1H3. The highest BCUT2D eigenvalue weighted by Gasteiger charge is 2.11. The van der Waals surface area contributed by atoms with Crippen LogP contribution in [0.5, 0.6) is 0 Å². The summed E-state index contributed by atoms with van der Waals surface area (Å²) >= 11 is 3.15. The van der Waals surface area contributed by atoms with E-state index in [1.165, 1.54) is 16.5 Å². The molecular formula is C12H13N5OS2. The van der Waals surface area contributed by atoms with Gasteiger partial charge in [-0.2, -0.15) is 0 Å². The first-order valence-electron chi connectivity index (χ1n) is 6.15. The molecule has 0 aliphatic rings. The summed E-state index contributed by atoms with van der Waals surface area (Å²) in [6.45, 7) is 1.44. The number of aryl methyl sites for hydroxylation is 1. The van der Waals surface area contributed by atoms with Crippen LogP contribution in [0.1, 0.15) is 6.42 Å². The van der Waals surface area contributed by atoms with Crippen molar-refractivity contribution in [1.82, 2.24) is 25.2 Å². The quantitative estimate of drug-likeness (QED) is 0.652. The molecule has 0 atom stereocenters. The number of nitrogens with zero attached hydrogens (tertiary/aromatic N) is 5. The maximum Gasteiger partial charge on any atom is 0.216 e. The van der Waals surface area contributed by atoms with Crippen LogP contribution >= 0.6 is 23.1 Å². The molecule has 1 aromatic carbocycles. The Balaban J connectivity index is 1.75. The number of para-hydroxylation sites is 1. The highest BCUT2D eigenvalue weighted by Crippen LogP contribution is 2.32. The van der Waals surface area contributed by atoms with Crippen LogP contribution in [0.25, 0.3) is 10.2 Å². The van der Waals surface area contributed by atoms with E-state index in [1.807, 2.05) is 18.2 Å². The lowest BCUT2D eigenvalue weighted by Crippen LogP contribution is -2.04. The van der Waals surface area contributed by atoms with Crippen molar-refractivity contribution in [1.29, 1.82) is 0 Å². The first kappa shape index (κ1) is 13.5. The summed E-state index contributed by atoms with van der Waals surface area (Å²) in [4.78, 5) is 4.57. The number of aromatic nitrogens is 5. The van der Waals surface area contributed by atoms with Crippen LogP contribution in [0.2, 0.25) is 0 Å². The average molecular weight is 307 g/mol. The molecule has 0 saturated carbocycles. The van der Waals surface area contributed by atoms with E-state index in [9.17, 15) is 0 Å². The van der Waals surface area contributed by atoms with Crippen LogP contribution in [0.4, 0.5) is 0 Å². The van der Waals surface area contributed by atoms with Gasteiger partial charge in [0.25, 0.3) is 0 Å². The maximum absolute atomic E-state index is 5.04. The number of rotatable bonds is 6. The molecule has 0 unspecified atom stereocenters. The van der Waals surface area contributed by atoms with Gasteiger partial charge < -0.3 is 4.74 Å². The topological polar surface area (TPSA) is 65.7 Å². The van der Waals surface area contributed by atoms with Crippen LogP contribution in [-0.2, 0) is 11.3 Å². The van der Waals surface area contributed by atoms with Crippen LogP contribution in [0.3, 0.4) is 0 Å². The second kappa shape index (κ2) is 6.29. The minimum Gasteiger partial charge on any atom is -0.385 e. The van der Waals surface area contributed by atoms with Gasteiger partial charge in [0, 0.05) is 20.3 Å². The second-order valence-electron chi connectivity index (χ2n) is 4.08. The number of tetrazole rings is 1. The number of thiazole rings is 1. The Morgan fingerprint density at radius 3 is 3.10 bits per heavy atom. The zero-order chi connectivity index (χ0) is 13.8. The van der Waals surface area contributed by atoms with Crippen LogP contribution in [0, 0.1) is 0 Å². The maximum atomic E-state index is 5.04. The van der Waals surface area contributed by atoms with Crippen molar-refractivity contribution >= 4 is 33.3 Å². The fourth-order valence-electron chi connectivity index (χ4n) is 1.74. The van der Waals surface area contributed by atoms with E-state index < -0.39 is 0 Å². The van der Waals surface area contributed by atoms with Crippen molar-refractivity contribution < 1.29 is 4.74 Å². The predicted molar refractivity (Wildman–Crippen MR) is 78.1 cm³/mol. The molecule has 104 valence electrons. The third-order valence-corrected chi connectivity index (χ3v) is 4.74. The second-order valence-corrected chi connectivity index (χ2v) is 6.33. The van der Waals surface area contributed by atoms with Crippen LogP contribution < -0.4 is 0 Å². The largest absolute Gasteiger partial charge is 0.385 e. The summed E-state index contributed by atoms with van der Waals surface area (Å²) in [5, 5.41) is 12.5. The molecule has 3 aromatic rings. The minimum atomic E-state index is 0.700. The molecule has 8 heteroatoms. The van der Waals surface area contributed by atoms with E-state index in [4.69, 9.17) is 4.74 Å². The Morgan fingerprint density at radius 1 is 1.35 bits per heavy atom. The Morgan fingerprint density at radius 2 is 2.25 bits per heavy atom. The molecule has 0 aliphatic carbocycles. The fraction of sp³-hybridized carbons (Fsp3) is 0.333. The Hall–Kier alpha value is -1.51. The van der Waals surface area contributed by atoms with Gasteiger partial charge in [-0.1, -0.05) is 12.1 Å². The molecule has 0 aliphatic heterocycles. The SMILES string of the molecule is COCCCn1nnnc1Sc1nc2ccccc2s1. The van der Waals surface area contributed by atoms with E-state index in [0.717, 1.165) is 28.0 Å². The van der Waals surface area contributed by atoms with Crippen molar-refractivity contribution in [3.05, 3.63) is 24.3 Å². The summed E-state index contributed by atoms with van der Waals surface area (Å²) in [6, 6.07) is 8.09. The van der Waals surface area contributed by atoms with E-state index in [0.29, 0.717) is 6.61 Å². The zero-order valence-corrected chi connectivity index (χ0v) is 12.5. The summed E-state index contributed by atoms with van der Waals surface area (Å²) in [7, 11) is 1.69. The molecule has 2 heterocycles. The number of fused-ring (bicyclic) bond motifs is 1. The smallest absolute Gasteiger partial charge is 0.216 e. The van der Waals surface area contributed by atoms with Gasteiger partial charge in [0.15, 0.2) is 4.34 Å². The van der Waals surface area contributed by atoms with Crippen molar-refractivity contribution in [3.63, 3.8) is 0 Å². The van der Waals surface area contributed by atoms with Gasteiger partial charge in [-0.3, -0.25) is 0 Å². The third-order valence-electron chi connectivity index (χ3n) is 2.67. The van der Waals surface area contributed by atoms with E-state index >= 15 is 0 Å². The third kappa shape index (κ3) is 2.97. The lowest BCUT2D eigenvalue weighted by atomic mass is 10.3. The van der Waals surface area contributed by atoms with Gasteiger partial charge >= 0.3 is 0 Å². The molecule has 6 nitrogen and oxygen atoms in total. The van der Waals surface area contributed by atoms with Gasteiger partial charge in [-0.25, -0.2) is 9.67 Å². The molecule has 0 amide bonds. The molecule has 0 fully saturated rings. The number of benzene rings is 1. The average Bonchev–Trinajstić information content (AvgIpc) is 3.06. The molecule has 20 heavy (non-hydrogen) atoms. The molecule has 0 spiro atoms. The van der Waals surface area contributed by atoms with Gasteiger partial charge in [0.05, 0.1) is 10.2 Å². The van der Waals surface area contributed by atoms with Crippen molar-refractivity contribution in [2.75, 3.05) is 13.7 Å². The molecular weight excluding hydrogens is 294 g/mol. The molecule has 0 bridgehead atoms. The van der Waals surface area contributed by atoms with Crippen LogP contribution in [-0.4, -0.2) is 38.9 Å². The molecule has 3 rings (SSSR count). The lowest BCUT2D eigenvalue weighted by Gasteiger charge is -2.01. The van der Waals surface area contributed by atoms with Crippen molar-refractivity contribution in [2.24, 2.45) is 0 Å².